The molecule has 1 aliphatic carbocycles. The summed E-state index contributed by atoms with van der Waals surface area (Å²) in [6, 6.07) is 12.6. The Hall–Kier alpha value is -2.91. The highest BCUT2D eigenvalue weighted by atomic mass is 32.2. The van der Waals surface area contributed by atoms with Gasteiger partial charge in [0.05, 0.1) is 12.3 Å². The van der Waals surface area contributed by atoms with Crippen LogP contribution in [0.25, 0.3) is 0 Å². The fraction of sp³-hybridized carbons (Fsp3) is 0.440. The van der Waals surface area contributed by atoms with Gasteiger partial charge in [-0.15, -0.1) is 0 Å². The molecule has 2 aromatic carbocycles. The third kappa shape index (κ3) is 5.42. The maximum absolute atomic E-state index is 12.9. The van der Waals surface area contributed by atoms with Gasteiger partial charge in [-0.2, -0.15) is 0 Å². The van der Waals surface area contributed by atoms with Crippen molar-refractivity contribution >= 4 is 34.6 Å². The fourth-order valence-corrected chi connectivity index (χ4v) is 5.55. The molecule has 1 heterocycles. The van der Waals surface area contributed by atoms with Crippen LogP contribution in [0.15, 0.2) is 42.5 Å². The summed E-state index contributed by atoms with van der Waals surface area (Å²) in [6.45, 7) is 3.00. The molecule has 9 heteroatoms. The molecular formula is C25H31N3O5S. The van der Waals surface area contributed by atoms with E-state index in [1.807, 2.05) is 30.3 Å². The highest BCUT2D eigenvalue weighted by molar-refractivity contribution is 7.80. The van der Waals surface area contributed by atoms with Crippen LogP contribution in [0.3, 0.4) is 0 Å². The van der Waals surface area contributed by atoms with Crippen molar-refractivity contribution in [3.05, 3.63) is 59.2 Å². The number of hydrogen-bond acceptors (Lipinski definition) is 4. The Balaban J connectivity index is 1.60. The number of nitrogens with zero attached hydrogens (tertiary/aromatic N) is 2. The number of rotatable bonds is 6. The Morgan fingerprint density at radius 1 is 1.15 bits per heavy atom. The first-order valence-electron chi connectivity index (χ1n) is 11.8. The molecule has 0 aromatic heterocycles. The van der Waals surface area contributed by atoms with Crippen LogP contribution in [0.1, 0.15) is 54.1 Å². The van der Waals surface area contributed by atoms with Crippen LogP contribution in [0.5, 0.6) is 0 Å². The van der Waals surface area contributed by atoms with Gasteiger partial charge in [-0.25, -0.2) is 9.00 Å². The zero-order chi connectivity index (χ0) is 24.1. The molecular weight excluding hydrogens is 454 g/mol. The van der Waals surface area contributed by atoms with Crippen LogP contribution in [-0.2, 0) is 28.8 Å². The Labute approximate surface area is 202 Å². The van der Waals surface area contributed by atoms with E-state index in [9.17, 15) is 18.4 Å². The molecule has 2 amide bonds. The van der Waals surface area contributed by atoms with E-state index in [1.54, 1.807) is 24.0 Å². The second-order valence-corrected chi connectivity index (χ2v) is 9.49. The number of nitrogens with one attached hydrogen (secondary N) is 1. The summed E-state index contributed by atoms with van der Waals surface area (Å²) < 4.78 is 29.3. The number of piperidine rings is 1. The molecule has 8 nitrogen and oxygen atoms in total. The molecule has 0 radical (unpaired) electrons. The molecule has 1 aliphatic heterocycles. The van der Waals surface area contributed by atoms with Crippen molar-refractivity contribution in [1.82, 2.24) is 4.90 Å². The van der Waals surface area contributed by atoms with E-state index >= 15 is 0 Å². The molecule has 0 bridgehead atoms. The molecule has 1 saturated heterocycles. The van der Waals surface area contributed by atoms with Gasteiger partial charge in [-0.3, -0.25) is 13.7 Å². The standard InChI is InChI=1S/C25H31N3O5S/c1-2-33-25(30)27-14-12-20(13-15-27)28(34(31)32)21-16-19-10-6-7-11-22(19)23(17-21)26-24(29)18-8-4-3-5-9-18/h3-5,8-9,16-17,20H,2,6-7,10-15H2,1H3,(H,26,29)(H,31,32). The molecule has 0 spiro atoms. The van der Waals surface area contributed by atoms with E-state index < -0.39 is 11.3 Å². The Bertz CT molecular complexity index is 1050. The van der Waals surface area contributed by atoms with Crippen molar-refractivity contribution in [2.24, 2.45) is 0 Å². The predicted molar refractivity (Wildman–Crippen MR) is 132 cm³/mol. The molecule has 2 aliphatic rings. The third-order valence-corrected chi connectivity index (χ3v) is 7.32. The first-order chi connectivity index (χ1) is 16.5. The van der Waals surface area contributed by atoms with E-state index in [4.69, 9.17) is 4.74 Å². The lowest BCUT2D eigenvalue weighted by atomic mass is 9.89. The second-order valence-electron chi connectivity index (χ2n) is 8.63. The van der Waals surface area contributed by atoms with E-state index in [-0.39, 0.29) is 18.0 Å². The van der Waals surface area contributed by atoms with Gasteiger partial charge in [0.2, 0.25) is 0 Å². The van der Waals surface area contributed by atoms with Crippen LogP contribution in [-0.4, -0.2) is 51.4 Å². The van der Waals surface area contributed by atoms with E-state index in [2.05, 4.69) is 5.32 Å². The fourth-order valence-electron chi connectivity index (χ4n) is 4.80. The monoisotopic (exact) mass is 485 g/mol. The molecule has 2 N–H and O–H groups in total. The van der Waals surface area contributed by atoms with Crippen LogP contribution in [0.4, 0.5) is 16.2 Å². The van der Waals surface area contributed by atoms with Crippen molar-refractivity contribution in [2.75, 3.05) is 29.3 Å². The van der Waals surface area contributed by atoms with Crippen molar-refractivity contribution in [1.29, 1.82) is 0 Å². The van der Waals surface area contributed by atoms with Crippen molar-refractivity contribution in [3.63, 3.8) is 0 Å². The second kappa shape index (κ2) is 11.0. The predicted octanol–water partition coefficient (Wildman–Crippen LogP) is 4.38. The van der Waals surface area contributed by atoms with Crippen molar-refractivity contribution < 1.29 is 23.1 Å². The highest BCUT2D eigenvalue weighted by Gasteiger charge is 2.31. The van der Waals surface area contributed by atoms with E-state index in [0.29, 0.717) is 49.5 Å². The summed E-state index contributed by atoms with van der Waals surface area (Å²) in [7, 11) is 0. The normalized spacial score (nSPS) is 16.9. The molecule has 1 fully saturated rings. The molecule has 4 rings (SSSR count). The maximum Gasteiger partial charge on any atom is 0.409 e. The summed E-state index contributed by atoms with van der Waals surface area (Å²) >= 11 is -2.25. The Morgan fingerprint density at radius 3 is 2.53 bits per heavy atom. The summed E-state index contributed by atoms with van der Waals surface area (Å²) in [5, 5.41) is 3.04. The van der Waals surface area contributed by atoms with Gasteiger partial charge < -0.3 is 15.0 Å². The van der Waals surface area contributed by atoms with Crippen LogP contribution in [0.2, 0.25) is 0 Å². The van der Waals surface area contributed by atoms with Gasteiger partial charge in [0, 0.05) is 30.4 Å². The van der Waals surface area contributed by atoms with Crippen LogP contribution in [0, 0.1) is 0 Å². The summed E-state index contributed by atoms with van der Waals surface area (Å²) in [5.41, 5.74) is 4.07. The number of anilines is 2. The van der Waals surface area contributed by atoms with Gasteiger partial charge in [-0.05, 0) is 80.8 Å². The number of carbonyl (C=O) groups is 2. The summed E-state index contributed by atoms with van der Waals surface area (Å²) in [6.07, 6.45) is 4.56. The zero-order valence-electron chi connectivity index (χ0n) is 19.4. The lowest BCUT2D eigenvalue weighted by Gasteiger charge is -2.37. The molecule has 0 saturated carbocycles. The van der Waals surface area contributed by atoms with E-state index in [1.165, 1.54) is 4.31 Å². The number of benzene rings is 2. The minimum Gasteiger partial charge on any atom is -0.450 e. The third-order valence-electron chi connectivity index (χ3n) is 6.48. The lowest BCUT2D eigenvalue weighted by molar-refractivity contribution is 0.0975. The van der Waals surface area contributed by atoms with Gasteiger partial charge in [0.25, 0.3) is 17.2 Å². The average Bonchev–Trinajstić information content (AvgIpc) is 2.85. The lowest BCUT2D eigenvalue weighted by Crippen LogP contribution is -2.47. The molecule has 34 heavy (non-hydrogen) atoms. The SMILES string of the molecule is CCOC(=O)N1CCC(N(c2cc3c(c(NC(=O)c4ccccc4)c2)CCCC3)S(=O)O)CC1. The summed E-state index contributed by atoms with van der Waals surface area (Å²) in [5.74, 6) is -0.204. The number of carbonyl (C=O) groups excluding carboxylic acids is 2. The minimum absolute atomic E-state index is 0.204. The number of hydrogen-bond donors (Lipinski definition) is 2. The largest absolute Gasteiger partial charge is 0.450 e. The molecule has 1 atom stereocenters. The van der Waals surface area contributed by atoms with Crippen LogP contribution < -0.4 is 9.62 Å². The zero-order valence-corrected chi connectivity index (χ0v) is 20.2. The molecule has 182 valence electrons. The topological polar surface area (TPSA) is 99.2 Å². The van der Waals surface area contributed by atoms with Gasteiger partial charge in [0.1, 0.15) is 0 Å². The number of likely N-dealkylation sites (tertiary alicyclic amines) is 1. The van der Waals surface area contributed by atoms with Crippen molar-refractivity contribution in [2.45, 2.75) is 51.5 Å². The van der Waals surface area contributed by atoms with Crippen LogP contribution >= 0.6 is 0 Å². The Morgan fingerprint density at radius 2 is 1.85 bits per heavy atom. The minimum atomic E-state index is -2.25. The van der Waals surface area contributed by atoms with Crippen molar-refractivity contribution in [3.8, 4) is 0 Å². The smallest absolute Gasteiger partial charge is 0.409 e. The molecule has 1 unspecified atom stereocenters. The Kier molecular flexibility index (Phi) is 7.84. The number of amides is 2. The van der Waals surface area contributed by atoms with E-state index in [0.717, 1.165) is 36.8 Å². The van der Waals surface area contributed by atoms with Gasteiger partial charge in [0.15, 0.2) is 0 Å². The first-order valence-corrected chi connectivity index (χ1v) is 12.9. The average molecular weight is 486 g/mol. The molecule has 2 aromatic rings. The number of ether oxygens (including phenoxy) is 1. The van der Waals surface area contributed by atoms with Gasteiger partial charge in [-0.1, -0.05) is 18.2 Å². The number of fused-ring (bicyclic) bond motifs is 1. The van der Waals surface area contributed by atoms with Gasteiger partial charge >= 0.3 is 6.09 Å². The summed E-state index contributed by atoms with van der Waals surface area (Å²) in [4.78, 5) is 26.6. The highest BCUT2D eigenvalue weighted by Crippen LogP contribution is 2.35. The first kappa shape index (κ1) is 24.2. The quantitative estimate of drug-likeness (QED) is 0.592. The number of aryl methyl sites for hydroxylation is 1. The maximum atomic E-state index is 12.9.